The highest BCUT2D eigenvalue weighted by atomic mass is 16.5. The van der Waals surface area contributed by atoms with Crippen molar-refractivity contribution in [3.05, 3.63) is 17.6 Å². The van der Waals surface area contributed by atoms with Crippen LogP contribution in [-0.2, 0) is 4.74 Å². The summed E-state index contributed by atoms with van der Waals surface area (Å²) in [5.74, 6) is 1.66. The van der Waals surface area contributed by atoms with Crippen molar-refractivity contribution in [2.75, 3.05) is 19.0 Å². The van der Waals surface area contributed by atoms with Crippen molar-refractivity contribution in [3.8, 4) is 0 Å². The van der Waals surface area contributed by atoms with Gasteiger partial charge >= 0.3 is 0 Å². The highest BCUT2D eigenvalue weighted by Gasteiger charge is 2.12. The number of nitrogens with zero attached hydrogens (tertiary/aromatic N) is 2. The van der Waals surface area contributed by atoms with E-state index in [9.17, 15) is 0 Å². The zero-order chi connectivity index (χ0) is 12.0. The van der Waals surface area contributed by atoms with Crippen LogP contribution in [0.4, 0.5) is 5.82 Å². The number of aromatic nitrogens is 2. The van der Waals surface area contributed by atoms with Gasteiger partial charge in [-0.15, -0.1) is 0 Å². The first-order valence-electron chi connectivity index (χ1n) is 5.83. The quantitative estimate of drug-likeness (QED) is 0.805. The average molecular weight is 223 g/mol. The first-order valence-corrected chi connectivity index (χ1v) is 5.83. The Labute approximate surface area is 97.5 Å². The van der Waals surface area contributed by atoms with Gasteiger partial charge in [-0.25, -0.2) is 9.97 Å². The van der Waals surface area contributed by atoms with Gasteiger partial charge in [-0.1, -0.05) is 13.8 Å². The summed E-state index contributed by atoms with van der Waals surface area (Å²) >= 11 is 0. The minimum atomic E-state index is -0.0120. The molecule has 16 heavy (non-hydrogen) atoms. The van der Waals surface area contributed by atoms with E-state index in [1.807, 2.05) is 13.0 Å². The molecule has 0 spiro atoms. The maximum atomic E-state index is 5.35. The van der Waals surface area contributed by atoms with Gasteiger partial charge in [-0.2, -0.15) is 0 Å². The summed E-state index contributed by atoms with van der Waals surface area (Å²) in [6.07, 6.45) is 1.95. The molecule has 90 valence electrons. The van der Waals surface area contributed by atoms with E-state index in [1.165, 1.54) is 0 Å². The van der Waals surface area contributed by atoms with Crippen LogP contribution in [0, 0.1) is 6.92 Å². The molecule has 0 fully saturated rings. The van der Waals surface area contributed by atoms with Gasteiger partial charge in [0.2, 0.25) is 0 Å². The number of hydrogen-bond acceptors (Lipinski definition) is 4. The molecule has 1 heterocycles. The van der Waals surface area contributed by atoms with Crippen LogP contribution in [0.25, 0.3) is 0 Å². The standard InChI is InChI=1S/C12H21N3O/c1-5-7-13-11-8-9(3)14-12(15-11)10(6-2)16-4/h8,10H,5-7H2,1-4H3,(H,13,14,15). The molecule has 0 saturated heterocycles. The fourth-order valence-electron chi connectivity index (χ4n) is 1.53. The summed E-state index contributed by atoms with van der Waals surface area (Å²) in [5, 5.41) is 3.27. The SMILES string of the molecule is CCCNc1cc(C)nc(C(CC)OC)n1. The maximum absolute atomic E-state index is 5.35. The van der Waals surface area contributed by atoms with Gasteiger partial charge in [-0.05, 0) is 19.8 Å². The van der Waals surface area contributed by atoms with E-state index in [0.29, 0.717) is 0 Å². The van der Waals surface area contributed by atoms with Gasteiger partial charge in [-0.3, -0.25) is 0 Å². The zero-order valence-corrected chi connectivity index (χ0v) is 10.6. The van der Waals surface area contributed by atoms with E-state index in [2.05, 4.69) is 29.1 Å². The summed E-state index contributed by atoms with van der Waals surface area (Å²) in [6.45, 7) is 7.11. The maximum Gasteiger partial charge on any atom is 0.159 e. The molecule has 0 saturated carbocycles. The van der Waals surface area contributed by atoms with Crippen LogP contribution < -0.4 is 5.32 Å². The zero-order valence-electron chi connectivity index (χ0n) is 10.6. The Balaban J connectivity index is 2.88. The van der Waals surface area contributed by atoms with Gasteiger partial charge in [0, 0.05) is 25.4 Å². The molecule has 0 bridgehead atoms. The second-order valence-electron chi connectivity index (χ2n) is 3.81. The highest BCUT2D eigenvalue weighted by molar-refractivity contribution is 5.35. The van der Waals surface area contributed by atoms with E-state index in [0.717, 1.165) is 36.7 Å². The van der Waals surface area contributed by atoms with Crippen molar-refractivity contribution in [3.63, 3.8) is 0 Å². The molecule has 0 amide bonds. The average Bonchev–Trinajstić information content (AvgIpc) is 2.27. The van der Waals surface area contributed by atoms with Gasteiger partial charge in [0.1, 0.15) is 11.9 Å². The van der Waals surface area contributed by atoms with E-state index >= 15 is 0 Å². The van der Waals surface area contributed by atoms with Crippen molar-refractivity contribution in [1.82, 2.24) is 9.97 Å². The van der Waals surface area contributed by atoms with Crippen LogP contribution in [0.1, 0.15) is 44.3 Å². The minimum absolute atomic E-state index is 0.0120. The second-order valence-corrected chi connectivity index (χ2v) is 3.81. The molecule has 0 aliphatic heterocycles. The number of anilines is 1. The normalized spacial score (nSPS) is 12.5. The van der Waals surface area contributed by atoms with Gasteiger partial charge in [0.05, 0.1) is 0 Å². The molecule has 1 aromatic heterocycles. The van der Waals surface area contributed by atoms with E-state index in [4.69, 9.17) is 4.74 Å². The molecule has 1 unspecified atom stereocenters. The van der Waals surface area contributed by atoms with E-state index in [-0.39, 0.29) is 6.10 Å². The largest absolute Gasteiger partial charge is 0.373 e. The Kier molecular flexibility index (Phi) is 5.19. The summed E-state index contributed by atoms with van der Waals surface area (Å²) in [6, 6.07) is 1.96. The Morgan fingerprint density at radius 2 is 2.12 bits per heavy atom. The second kappa shape index (κ2) is 6.43. The summed E-state index contributed by atoms with van der Waals surface area (Å²) in [5.41, 5.74) is 0.971. The summed E-state index contributed by atoms with van der Waals surface area (Å²) < 4.78 is 5.35. The van der Waals surface area contributed by atoms with Crippen molar-refractivity contribution in [2.45, 2.75) is 39.7 Å². The van der Waals surface area contributed by atoms with Gasteiger partial charge in [0.15, 0.2) is 5.82 Å². The number of methoxy groups -OCH3 is 1. The Morgan fingerprint density at radius 3 is 2.69 bits per heavy atom. The predicted molar refractivity (Wildman–Crippen MR) is 65.6 cm³/mol. The fraction of sp³-hybridized carbons (Fsp3) is 0.667. The first kappa shape index (κ1) is 12.9. The Morgan fingerprint density at radius 1 is 1.38 bits per heavy atom. The van der Waals surface area contributed by atoms with Crippen LogP contribution in [0.3, 0.4) is 0 Å². The highest BCUT2D eigenvalue weighted by Crippen LogP contribution is 2.18. The van der Waals surface area contributed by atoms with Crippen LogP contribution >= 0.6 is 0 Å². The molecule has 4 nitrogen and oxygen atoms in total. The van der Waals surface area contributed by atoms with E-state index in [1.54, 1.807) is 7.11 Å². The third-order valence-corrected chi connectivity index (χ3v) is 2.37. The Bertz CT molecular complexity index is 324. The molecule has 0 aliphatic carbocycles. The van der Waals surface area contributed by atoms with Crippen molar-refractivity contribution >= 4 is 5.82 Å². The topological polar surface area (TPSA) is 47.0 Å². The van der Waals surface area contributed by atoms with Gasteiger partial charge in [0.25, 0.3) is 0 Å². The monoisotopic (exact) mass is 223 g/mol. The van der Waals surface area contributed by atoms with Crippen LogP contribution in [0.2, 0.25) is 0 Å². The van der Waals surface area contributed by atoms with Crippen LogP contribution in [0.5, 0.6) is 0 Å². The predicted octanol–water partition coefficient (Wildman–Crippen LogP) is 2.70. The smallest absolute Gasteiger partial charge is 0.159 e. The molecule has 1 atom stereocenters. The lowest BCUT2D eigenvalue weighted by molar-refractivity contribution is 0.0925. The lowest BCUT2D eigenvalue weighted by Crippen LogP contribution is -2.10. The molecule has 1 N–H and O–H groups in total. The lowest BCUT2D eigenvalue weighted by Gasteiger charge is -2.13. The molecule has 1 rings (SSSR count). The number of hydrogen-bond donors (Lipinski definition) is 1. The molecule has 0 radical (unpaired) electrons. The molecule has 1 aromatic rings. The molecule has 0 aliphatic rings. The first-order chi connectivity index (χ1) is 7.71. The van der Waals surface area contributed by atoms with Crippen molar-refractivity contribution < 1.29 is 4.74 Å². The fourth-order valence-corrected chi connectivity index (χ4v) is 1.53. The molecule has 4 heteroatoms. The molecular weight excluding hydrogens is 202 g/mol. The Hall–Kier alpha value is -1.16. The van der Waals surface area contributed by atoms with E-state index < -0.39 is 0 Å². The summed E-state index contributed by atoms with van der Waals surface area (Å²) in [4.78, 5) is 8.87. The third-order valence-electron chi connectivity index (χ3n) is 2.37. The number of rotatable bonds is 6. The van der Waals surface area contributed by atoms with Crippen molar-refractivity contribution in [1.29, 1.82) is 0 Å². The molecule has 0 aromatic carbocycles. The lowest BCUT2D eigenvalue weighted by atomic mass is 10.2. The number of aryl methyl sites for hydroxylation is 1. The molecular formula is C12H21N3O. The van der Waals surface area contributed by atoms with Crippen molar-refractivity contribution in [2.24, 2.45) is 0 Å². The van der Waals surface area contributed by atoms with Gasteiger partial charge < -0.3 is 10.1 Å². The number of nitrogens with one attached hydrogen (secondary N) is 1. The number of ether oxygens (including phenoxy) is 1. The van der Waals surface area contributed by atoms with Crippen LogP contribution in [0.15, 0.2) is 6.07 Å². The summed E-state index contributed by atoms with van der Waals surface area (Å²) in [7, 11) is 1.69. The van der Waals surface area contributed by atoms with Crippen LogP contribution in [-0.4, -0.2) is 23.6 Å². The third kappa shape index (κ3) is 3.45. The minimum Gasteiger partial charge on any atom is -0.373 e.